The zero-order chi connectivity index (χ0) is 19.2. The van der Waals surface area contributed by atoms with Gasteiger partial charge >= 0.3 is 0 Å². The number of rotatable bonds is 7. The molecule has 0 radical (unpaired) electrons. The number of hydrogen-bond acceptors (Lipinski definition) is 3. The predicted molar refractivity (Wildman–Crippen MR) is 101 cm³/mol. The van der Waals surface area contributed by atoms with Crippen molar-refractivity contribution in [2.45, 2.75) is 32.2 Å². The van der Waals surface area contributed by atoms with Gasteiger partial charge in [0.15, 0.2) is 0 Å². The Morgan fingerprint density at radius 3 is 2.56 bits per heavy atom. The van der Waals surface area contributed by atoms with E-state index in [1.54, 1.807) is 41.3 Å². The molecule has 1 heterocycles. The van der Waals surface area contributed by atoms with Crippen molar-refractivity contribution < 1.29 is 18.7 Å². The molecule has 142 valence electrons. The van der Waals surface area contributed by atoms with E-state index in [4.69, 9.17) is 4.74 Å². The van der Waals surface area contributed by atoms with Crippen molar-refractivity contribution in [3.63, 3.8) is 0 Å². The second kappa shape index (κ2) is 8.66. The Hall–Kier alpha value is -2.89. The fraction of sp³-hybridized carbons (Fsp3) is 0.333. The molecular weight excluding hydrogens is 347 g/mol. The molecule has 0 bridgehead atoms. The van der Waals surface area contributed by atoms with E-state index in [1.807, 2.05) is 0 Å². The van der Waals surface area contributed by atoms with E-state index in [2.05, 4.69) is 12.2 Å². The van der Waals surface area contributed by atoms with Crippen molar-refractivity contribution >= 4 is 17.5 Å². The quantitative estimate of drug-likeness (QED) is 0.759. The molecule has 2 aromatic rings. The standard InChI is InChI=1S/C21H23FN2O3/c1-2-3-12-27-19-10-4-15(5-11-19)21(26)23-17-13-20(25)24(14-17)18-8-6-16(22)7-9-18/h4-11,17H,2-3,12-14H2,1H3,(H,23,26)/t17-/m0/s1. The van der Waals surface area contributed by atoms with Crippen LogP contribution in [0.1, 0.15) is 36.5 Å². The second-order valence-corrected chi connectivity index (χ2v) is 6.58. The molecule has 0 aromatic heterocycles. The Morgan fingerprint density at radius 1 is 1.19 bits per heavy atom. The second-order valence-electron chi connectivity index (χ2n) is 6.58. The van der Waals surface area contributed by atoms with Gasteiger partial charge in [-0.2, -0.15) is 0 Å². The lowest BCUT2D eigenvalue weighted by Gasteiger charge is -2.17. The number of unbranched alkanes of at least 4 members (excludes halogenated alkanes) is 1. The average Bonchev–Trinajstić information content (AvgIpc) is 3.03. The first-order chi connectivity index (χ1) is 13.1. The minimum absolute atomic E-state index is 0.0911. The van der Waals surface area contributed by atoms with Crippen LogP contribution in [0, 0.1) is 5.82 Å². The summed E-state index contributed by atoms with van der Waals surface area (Å²) in [6.45, 7) is 3.13. The van der Waals surface area contributed by atoms with Gasteiger partial charge in [-0.3, -0.25) is 9.59 Å². The molecule has 1 N–H and O–H groups in total. The Labute approximate surface area is 158 Å². The number of carbonyl (C=O) groups excluding carboxylic acids is 2. The third-order valence-electron chi connectivity index (χ3n) is 4.48. The summed E-state index contributed by atoms with van der Waals surface area (Å²) in [6, 6.07) is 12.5. The van der Waals surface area contributed by atoms with E-state index in [9.17, 15) is 14.0 Å². The summed E-state index contributed by atoms with van der Waals surface area (Å²) in [5, 5.41) is 2.89. The number of hydrogen-bond donors (Lipinski definition) is 1. The molecule has 0 unspecified atom stereocenters. The Balaban J connectivity index is 1.56. The van der Waals surface area contributed by atoms with Crippen LogP contribution in [-0.4, -0.2) is 31.0 Å². The zero-order valence-corrected chi connectivity index (χ0v) is 15.3. The first-order valence-corrected chi connectivity index (χ1v) is 9.16. The first kappa shape index (κ1) is 18.9. The van der Waals surface area contributed by atoms with Crippen LogP contribution in [0.25, 0.3) is 0 Å². The van der Waals surface area contributed by atoms with Crippen molar-refractivity contribution in [3.05, 3.63) is 59.9 Å². The molecule has 1 aliphatic rings. The number of nitrogens with one attached hydrogen (secondary N) is 1. The minimum Gasteiger partial charge on any atom is -0.494 e. The third-order valence-corrected chi connectivity index (χ3v) is 4.48. The summed E-state index contributed by atoms with van der Waals surface area (Å²) in [6.07, 6.45) is 2.28. The maximum Gasteiger partial charge on any atom is 0.251 e. The number of anilines is 1. The highest BCUT2D eigenvalue weighted by Gasteiger charge is 2.31. The van der Waals surface area contributed by atoms with E-state index in [-0.39, 0.29) is 30.1 Å². The average molecular weight is 370 g/mol. The Morgan fingerprint density at radius 2 is 1.89 bits per heavy atom. The molecule has 5 nitrogen and oxygen atoms in total. The summed E-state index contributed by atoms with van der Waals surface area (Å²) in [5.74, 6) is 0.0661. The molecule has 2 amide bonds. The lowest BCUT2D eigenvalue weighted by Crippen LogP contribution is -2.37. The van der Waals surface area contributed by atoms with Crippen LogP contribution in [0.5, 0.6) is 5.75 Å². The van der Waals surface area contributed by atoms with Crippen LogP contribution in [0.15, 0.2) is 48.5 Å². The number of carbonyl (C=O) groups is 2. The summed E-state index contributed by atoms with van der Waals surface area (Å²) >= 11 is 0. The molecule has 0 aliphatic carbocycles. The van der Waals surface area contributed by atoms with Crippen molar-refractivity contribution in [1.29, 1.82) is 0 Å². The molecule has 1 atom stereocenters. The summed E-state index contributed by atoms with van der Waals surface area (Å²) in [7, 11) is 0. The van der Waals surface area contributed by atoms with Crippen molar-refractivity contribution in [3.8, 4) is 5.75 Å². The minimum atomic E-state index is -0.350. The molecule has 1 aliphatic heterocycles. The fourth-order valence-electron chi connectivity index (χ4n) is 2.98. The van der Waals surface area contributed by atoms with Gasteiger partial charge in [-0.15, -0.1) is 0 Å². The smallest absolute Gasteiger partial charge is 0.251 e. The number of benzene rings is 2. The van der Waals surface area contributed by atoms with Crippen LogP contribution in [0.3, 0.4) is 0 Å². The van der Waals surface area contributed by atoms with Gasteiger partial charge in [0, 0.05) is 24.2 Å². The van der Waals surface area contributed by atoms with E-state index in [1.165, 1.54) is 12.1 Å². The van der Waals surface area contributed by atoms with Gasteiger partial charge < -0.3 is 15.0 Å². The zero-order valence-electron chi connectivity index (χ0n) is 15.3. The predicted octanol–water partition coefficient (Wildman–Crippen LogP) is 3.54. The van der Waals surface area contributed by atoms with Crippen LogP contribution in [-0.2, 0) is 4.79 Å². The maximum absolute atomic E-state index is 13.1. The molecule has 1 saturated heterocycles. The summed E-state index contributed by atoms with van der Waals surface area (Å²) in [5.41, 5.74) is 1.15. The highest BCUT2D eigenvalue weighted by molar-refractivity contribution is 5.99. The van der Waals surface area contributed by atoms with Gasteiger partial charge in [0.2, 0.25) is 5.91 Å². The molecule has 0 spiro atoms. The number of halogens is 1. The highest BCUT2D eigenvalue weighted by Crippen LogP contribution is 2.22. The number of amides is 2. The monoisotopic (exact) mass is 370 g/mol. The van der Waals surface area contributed by atoms with Crippen LogP contribution in [0.4, 0.5) is 10.1 Å². The van der Waals surface area contributed by atoms with Gasteiger partial charge in [-0.25, -0.2) is 4.39 Å². The fourth-order valence-corrected chi connectivity index (χ4v) is 2.98. The highest BCUT2D eigenvalue weighted by atomic mass is 19.1. The summed E-state index contributed by atoms with van der Waals surface area (Å²) < 4.78 is 18.6. The van der Waals surface area contributed by atoms with E-state index >= 15 is 0 Å². The van der Waals surface area contributed by atoms with E-state index < -0.39 is 0 Å². The molecule has 1 fully saturated rings. The van der Waals surface area contributed by atoms with Gasteiger partial charge in [0.25, 0.3) is 5.91 Å². The normalized spacial score (nSPS) is 16.4. The summed E-state index contributed by atoms with van der Waals surface area (Å²) in [4.78, 5) is 26.2. The molecule has 6 heteroatoms. The van der Waals surface area contributed by atoms with Gasteiger partial charge in [0.05, 0.1) is 12.6 Å². The first-order valence-electron chi connectivity index (χ1n) is 9.16. The molecule has 0 saturated carbocycles. The lowest BCUT2D eigenvalue weighted by atomic mass is 10.2. The van der Waals surface area contributed by atoms with Crippen LogP contribution in [0.2, 0.25) is 0 Å². The Kier molecular flexibility index (Phi) is 6.06. The van der Waals surface area contributed by atoms with E-state index in [0.717, 1.165) is 18.6 Å². The van der Waals surface area contributed by atoms with E-state index in [0.29, 0.717) is 24.4 Å². The number of nitrogens with zero attached hydrogens (tertiary/aromatic N) is 1. The lowest BCUT2D eigenvalue weighted by molar-refractivity contribution is -0.117. The van der Waals surface area contributed by atoms with Gasteiger partial charge in [0.1, 0.15) is 11.6 Å². The van der Waals surface area contributed by atoms with Gasteiger partial charge in [-0.05, 0) is 55.0 Å². The SMILES string of the molecule is CCCCOc1ccc(C(=O)N[C@H]2CC(=O)N(c3ccc(F)cc3)C2)cc1. The van der Waals surface area contributed by atoms with Crippen molar-refractivity contribution in [2.75, 3.05) is 18.1 Å². The molecule has 2 aromatic carbocycles. The van der Waals surface area contributed by atoms with Gasteiger partial charge in [-0.1, -0.05) is 13.3 Å². The topological polar surface area (TPSA) is 58.6 Å². The largest absolute Gasteiger partial charge is 0.494 e. The molecule has 27 heavy (non-hydrogen) atoms. The van der Waals surface area contributed by atoms with Crippen LogP contribution >= 0.6 is 0 Å². The maximum atomic E-state index is 13.1. The number of ether oxygens (including phenoxy) is 1. The molecule has 3 rings (SSSR count). The Bertz CT molecular complexity index is 790. The van der Waals surface area contributed by atoms with Crippen LogP contribution < -0.4 is 15.0 Å². The molecular formula is C21H23FN2O3. The van der Waals surface area contributed by atoms with Crippen molar-refractivity contribution in [1.82, 2.24) is 5.32 Å². The van der Waals surface area contributed by atoms with Crippen molar-refractivity contribution in [2.24, 2.45) is 0 Å². The third kappa shape index (κ3) is 4.84.